The standard InChI is InChI=1S/C24H25N3O5S2/c28-23(25-12-14-32-15-13-25)17-27-21-7-6-20(16-22(21)33-24(27)29)34(30,31)26-10-8-19(9-11-26)18-4-2-1-3-5-18/h1-8,16H,9-15,17H2. The van der Waals surface area contributed by atoms with Crippen LogP contribution in [0, 0.1) is 0 Å². The molecule has 10 heteroatoms. The average molecular weight is 500 g/mol. The van der Waals surface area contributed by atoms with Crippen molar-refractivity contribution >= 4 is 43.1 Å². The quantitative estimate of drug-likeness (QED) is 0.538. The second-order valence-corrected chi connectivity index (χ2v) is 11.2. The van der Waals surface area contributed by atoms with Crippen LogP contribution in [0.1, 0.15) is 12.0 Å². The van der Waals surface area contributed by atoms with E-state index in [2.05, 4.69) is 0 Å². The van der Waals surface area contributed by atoms with Gasteiger partial charge in [-0.3, -0.25) is 14.2 Å². The molecule has 5 rings (SSSR count). The summed E-state index contributed by atoms with van der Waals surface area (Å²) in [7, 11) is -3.71. The monoisotopic (exact) mass is 499 g/mol. The maximum absolute atomic E-state index is 13.3. The van der Waals surface area contributed by atoms with Crippen LogP contribution in [0.4, 0.5) is 0 Å². The molecule has 178 valence electrons. The summed E-state index contributed by atoms with van der Waals surface area (Å²) in [4.78, 5) is 26.8. The zero-order valence-corrected chi connectivity index (χ0v) is 20.2. The number of benzene rings is 2. The Bertz CT molecular complexity index is 1400. The lowest BCUT2D eigenvalue weighted by Crippen LogP contribution is -2.43. The third kappa shape index (κ3) is 4.46. The first-order valence-electron chi connectivity index (χ1n) is 11.2. The lowest BCUT2D eigenvalue weighted by molar-refractivity contribution is -0.135. The number of nitrogens with zero attached hydrogens (tertiary/aromatic N) is 3. The minimum Gasteiger partial charge on any atom is -0.378 e. The molecule has 0 saturated carbocycles. The van der Waals surface area contributed by atoms with Crippen LogP contribution in [0.2, 0.25) is 0 Å². The molecule has 1 aromatic heterocycles. The third-order valence-electron chi connectivity index (χ3n) is 6.25. The Balaban J connectivity index is 1.36. The molecule has 0 aliphatic carbocycles. The fourth-order valence-electron chi connectivity index (χ4n) is 4.34. The van der Waals surface area contributed by atoms with Crippen molar-refractivity contribution in [2.45, 2.75) is 17.9 Å². The molecular formula is C24H25N3O5S2. The van der Waals surface area contributed by atoms with E-state index in [0.29, 0.717) is 56.0 Å². The number of hydrogen-bond donors (Lipinski definition) is 0. The van der Waals surface area contributed by atoms with Crippen LogP contribution in [-0.4, -0.2) is 67.5 Å². The smallest absolute Gasteiger partial charge is 0.308 e. The van der Waals surface area contributed by atoms with Gasteiger partial charge in [-0.05, 0) is 35.8 Å². The largest absolute Gasteiger partial charge is 0.378 e. The van der Waals surface area contributed by atoms with Gasteiger partial charge in [-0.15, -0.1) is 0 Å². The van der Waals surface area contributed by atoms with Gasteiger partial charge in [0.25, 0.3) is 0 Å². The molecule has 0 bridgehead atoms. The number of aromatic nitrogens is 1. The normalized spacial score (nSPS) is 17.6. The predicted octanol–water partition coefficient (Wildman–Crippen LogP) is 2.40. The number of fused-ring (bicyclic) bond motifs is 1. The van der Waals surface area contributed by atoms with E-state index in [1.165, 1.54) is 14.9 Å². The van der Waals surface area contributed by atoms with Gasteiger partial charge in [0.1, 0.15) is 6.54 Å². The molecule has 3 aromatic rings. The molecule has 2 aliphatic heterocycles. The summed E-state index contributed by atoms with van der Waals surface area (Å²) in [5, 5.41) is 0. The first-order valence-corrected chi connectivity index (χ1v) is 13.4. The van der Waals surface area contributed by atoms with Crippen molar-refractivity contribution in [3.05, 3.63) is 69.8 Å². The first-order chi connectivity index (χ1) is 16.4. The Kier molecular flexibility index (Phi) is 6.39. The highest BCUT2D eigenvalue weighted by molar-refractivity contribution is 7.89. The van der Waals surface area contributed by atoms with E-state index in [1.807, 2.05) is 36.4 Å². The summed E-state index contributed by atoms with van der Waals surface area (Å²) in [5.74, 6) is -0.142. The summed E-state index contributed by atoms with van der Waals surface area (Å²) >= 11 is 0.959. The lowest BCUT2D eigenvalue weighted by Gasteiger charge is -2.27. The zero-order valence-electron chi connectivity index (χ0n) is 18.6. The number of sulfonamides is 1. The number of rotatable bonds is 5. The third-order valence-corrected chi connectivity index (χ3v) is 9.05. The van der Waals surface area contributed by atoms with Gasteiger partial charge in [0.05, 0.1) is 28.3 Å². The van der Waals surface area contributed by atoms with Crippen LogP contribution in [-0.2, 0) is 26.1 Å². The second-order valence-electron chi connectivity index (χ2n) is 8.29. The fraction of sp³-hybridized carbons (Fsp3) is 0.333. The van der Waals surface area contributed by atoms with E-state index in [4.69, 9.17) is 4.74 Å². The summed E-state index contributed by atoms with van der Waals surface area (Å²) in [6, 6.07) is 14.7. The number of hydrogen-bond acceptors (Lipinski definition) is 6. The van der Waals surface area contributed by atoms with E-state index in [0.717, 1.165) is 22.5 Å². The van der Waals surface area contributed by atoms with E-state index >= 15 is 0 Å². The maximum atomic E-state index is 13.3. The molecule has 1 fully saturated rings. The van der Waals surface area contributed by atoms with Crippen molar-refractivity contribution in [2.24, 2.45) is 0 Å². The lowest BCUT2D eigenvalue weighted by atomic mass is 10.0. The molecule has 34 heavy (non-hydrogen) atoms. The van der Waals surface area contributed by atoms with E-state index in [-0.39, 0.29) is 22.2 Å². The van der Waals surface area contributed by atoms with Crippen LogP contribution in [0.25, 0.3) is 15.8 Å². The Morgan fingerprint density at radius 2 is 1.79 bits per heavy atom. The van der Waals surface area contributed by atoms with Crippen molar-refractivity contribution in [1.82, 2.24) is 13.8 Å². The highest BCUT2D eigenvalue weighted by Crippen LogP contribution is 2.28. The predicted molar refractivity (Wildman–Crippen MR) is 131 cm³/mol. The highest BCUT2D eigenvalue weighted by Gasteiger charge is 2.27. The number of carbonyl (C=O) groups is 1. The summed E-state index contributed by atoms with van der Waals surface area (Å²) in [6.07, 6.45) is 2.60. The summed E-state index contributed by atoms with van der Waals surface area (Å²) in [6.45, 7) is 2.63. The Morgan fingerprint density at radius 3 is 2.50 bits per heavy atom. The molecule has 8 nitrogen and oxygen atoms in total. The van der Waals surface area contributed by atoms with Gasteiger partial charge >= 0.3 is 4.87 Å². The number of carbonyl (C=O) groups excluding carboxylic acids is 1. The molecule has 0 N–H and O–H groups in total. The van der Waals surface area contributed by atoms with Crippen LogP contribution >= 0.6 is 11.3 Å². The van der Waals surface area contributed by atoms with Gasteiger partial charge in [-0.1, -0.05) is 47.7 Å². The van der Waals surface area contributed by atoms with Crippen LogP contribution in [0.3, 0.4) is 0 Å². The number of amides is 1. The molecule has 0 atom stereocenters. The van der Waals surface area contributed by atoms with E-state index in [9.17, 15) is 18.0 Å². The van der Waals surface area contributed by atoms with Crippen molar-refractivity contribution in [1.29, 1.82) is 0 Å². The highest BCUT2D eigenvalue weighted by atomic mass is 32.2. The van der Waals surface area contributed by atoms with Crippen molar-refractivity contribution in [2.75, 3.05) is 39.4 Å². The van der Waals surface area contributed by atoms with Gasteiger partial charge < -0.3 is 9.64 Å². The molecule has 2 aliphatic rings. The van der Waals surface area contributed by atoms with Crippen LogP contribution in [0.5, 0.6) is 0 Å². The topological polar surface area (TPSA) is 88.9 Å². The van der Waals surface area contributed by atoms with Gasteiger partial charge in [-0.2, -0.15) is 4.31 Å². The van der Waals surface area contributed by atoms with Gasteiger partial charge in [0, 0.05) is 26.2 Å². The van der Waals surface area contributed by atoms with Gasteiger partial charge in [-0.25, -0.2) is 8.42 Å². The van der Waals surface area contributed by atoms with Crippen LogP contribution in [0.15, 0.2) is 64.3 Å². The van der Waals surface area contributed by atoms with Crippen molar-refractivity contribution in [3.8, 4) is 0 Å². The zero-order chi connectivity index (χ0) is 23.7. The van der Waals surface area contributed by atoms with E-state index in [1.54, 1.807) is 17.0 Å². The number of morpholine rings is 1. The average Bonchev–Trinajstić information content (AvgIpc) is 3.19. The van der Waals surface area contributed by atoms with Crippen molar-refractivity contribution < 1.29 is 17.9 Å². The molecule has 2 aromatic carbocycles. The number of thiazole rings is 1. The van der Waals surface area contributed by atoms with Gasteiger partial charge in [0.2, 0.25) is 15.9 Å². The molecule has 0 radical (unpaired) electrons. The molecular weight excluding hydrogens is 474 g/mol. The minimum atomic E-state index is -3.71. The first kappa shape index (κ1) is 23.0. The fourth-order valence-corrected chi connectivity index (χ4v) is 6.75. The second kappa shape index (κ2) is 9.46. The van der Waals surface area contributed by atoms with Crippen molar-refractivity contribution in [3.63, 3.8) is 0 Å². The van der Waals surface area contributed by atoms with Gasteiger partial charge in [0.15, 0.2) is 0 Å². The molecule has 1 saturated heterocycles. The molecule has 0 spiro atoms. The minimum absolute atomic E-state index is 0.0654. The number of ether oxygens (including phenoxy) is 1. The van der Waals surface area contributed by atoms with E-state index < -0.39 is 10.0 Å². The summed E-state index contributed by atoms with van der Waals surface area (Å²) in [5.41, 5.74) is 2.82. The molecule has 3 heterocycles. The summed E-state index contributed by atoms with van der Waals surface area (Å²) < 4.78 is 35.3. The Morgan fingerprint density at radius 1 is 1.03 bits per heavy atom. The SMILES string of the molecule is O=C(Cn1c(=O)sc2cc(S(=O)(=O)N3CC=C(c4ccccc4)CC3)ccc21)N1CCOCC1. The maximum Gasteiger partial charge on any atom is 0.308 e. The Hall–Kier alpha value is -2.79. The Labute approximate surface area is 201 Å². The molecule has 0 unspecified atom stereocenters. The van der Waals surface area contributed by atoms with Crippen LogP contribution < -0.4 is 4.87 Å². The molecule has 1 amide bonds.